The molecule has 0 spiro atoms. The van der Waals surface area contributed by atoms with Gasteiger partial charge in [-0.2, -0.15) is 0 Å². The van der Waals surface area contributed by atoms with E-state index in [1.165, 1.54) is 25.7 Å². The zero-order chi connectivity index (χ0) is 11.4. The second-order valence-corrected chi connectivity index (χ2v) is 5.05. The fourth-order valence-electron chi connectivity index (χ4n) is 2.33. The van der Waals surface area contributed by atoms with Gasteiger partial charge in [-0.25, -0.2) is 4.98 Å². The number of nitrogens with zero attached hydrogens (tertiary/aromatic N) is 2. The van der Waals surface area contributed by atoms with Gasteiger partial charge in [-0.05, 0) is 31.6 Å². The molecule has 1 aliphatic rings. The van der Waals surface area contributed by atoms with Crippen LogP contribution in [0, 0.1) is 18.8 Å². The fraction of sp³-hybridized carbons (Fsp3) is 0.692. The molecule has 0 aliphatic heterocycles. The van der Waals surface area contributed by atoms with Crippen molar-refractivity contribution in [3.63, 3.8) is 0 Å². The maximum absolute atomic E-state index is 4.40. The number of anilines is 1. The lowest BCUT2D eigenvalue weighted by molar-refractivity contribution is 0.300. The van der Waals surface area contributed by atoms with E-state index in [1.807, 2.05) is 6.92 Å². The largest absolute Gasteiger partial charge is 0.369 e. The predicted octanol–water partition coefficient (Wildman–Crippen LogP) is 3.02. The van der Waals surface area contributed by atoms with E-state index in [4.69, 9.17) is 0 Å². The average Bonchev–Trinajstić information content (AvgIpc) is 2.28. The van der Waals surface area contributed by atoms with Crippen molar-refractivity contribution in [1.29, 1.82) is 0 Å². The molecule has 0 radical (unpaired) electrons. The Morgan fingerprint density at radius 3 is 2.69 bits per heavy atom. The molecule has 3 nitrogen and oxygen atoms in total. The number of hydrogen-bond donors (Lipinski definition) is 1. The molecule has 0 amide bonds. The summed E-state index contributed by atoms with van der Waals surface area (Å²) in [5.41, 5.74) is 0.974. The Morgan fingerprint density at radius 2 is 2.00 bits per heavy atom. The van der Waals surface area contributed by atoms with E-state index in [9.17, 15) is 0 Å². The lowest BCUT2D eigenvalue weighted by Gasteiger charge is -2.26. The monoisotopic (exact) mass is 219 g/mol. The molecule has 16 heavy (non-hydrogen) atoms. The first-order valence-corrected chi connectivity index (χ1v) is 6.26. The average molecular weight is 219 g/mol. The predicted molar refractivity (Wildman–Crippen MR) is 66.4 cm³/mol. The molecule has 0 aromatic carbocycles. The van der Waals surface area contributed by atoms with Crippen molar-refractivity contribution in [3.05, 3.63) is 18.1 Å². The molecule has 0 unspecified atom stereocenters. The highest BCUT2D eigenvalue weighted by Gasteiger charge is 2.17. The minimum atomic E-state index is 0.818. The van der Waals surface area contributed by atoms with E-state index < -0.39 is 0 Å². The van der Waals surface area contributed by atoms with Crippen LogP contribution in [0.25, 0.3) is 0 Å². The van der Waals surface area contributed by atoms with Gasteiger partial charge in [-0.15, -0.1) is 0 Å². The van der Waals surface area contributed by atoms with E-state index in [-0.39, 0.29) is 0 Å². The molecule has 1 N–H and O–H groups in total. The highest BCUT2D eigenvalue weighted by atomic mass is 15.0. The van der Waals surface area contributed by atoms with Gasteiger partial charge >= 0.3 is 0 Å². The SMILES string of the molecule is Cc1cncc(NCC2CCC(C)CC2)n1. The highest BCUT2D eigenvalue weighted by Crippen LogP contribution is 2.28. The Morgan fingerprint density at radius 1 is 1.25 bits per heavy atom. The maximum atomic E-state index is 4.40. The van der Waals surface area contributed by atoms with E-state index in [2.05, 4.69) is 22.2 Å². The Balaban J connectivity index is 1.79. The molecule has 1 saturated carbocycles. The van der Waals surface area contributed by atoms with Crippen LogP contribution in [0.15, 0.2) is 12.4 Å². The van der Waals surface area contributed by atoms with Gasteiger partial charge < -0.3 is 5.32 Å². The van der Waals surface area contributed by atoms with Crippen molar-refractivity contribution < 1.29 is 0 Å². The van der Waals surface area contributed by atoms with Crippen LogP contribution in [0.1, 0.15) is 38.3 Å². The summed E-state index contributed by atoms with van der Waals surface area (Å²) in [5.74, 6) is 2.66. The van der Waals surface area contributed by atoms with Crippen LogP contribution in [-0.4, -0.2) is 16.5 Å². The van der Waals surface area contributed by atoms with Crippen LogP contribution in [-0.2, 0) is 0 Å². The van der Waals surface area contributed by atoms with Crippen molar-refractivity contribution in [3.8, 4) is 0 Å². The summed E-state index contributed by atoms with van der Waals surface area (Å²) in [7, 11) is 0. The highest BCUT2D eigenvalue weighted by molar-refractivity contribution is 5.31. The van der Waals surface area contributed by atoms with Crippen LogP contribution < -0.4 is 5.32 Å². The summed E-state index contributed by atoms with van der Waals surface area (Å²) < 4.78 is 0. The van der Waals surface area contributed by atoms with Crippen LogP contribution >= 0.6 is 0 Å². The molecule has 1 aromatic rings. The Bertz CT molecular complexity index is 330. The third-order valence-corrected chi connectivity index (χ3v) is 3.46. The van der Waals surface area contributed by atoms with Gasteiger partial charge in [0.25, 0.3) is 0 Å². The zero-order valence-electron chi connectivity index (χ0n) is 10.2. The third kappa shape index (κ3) is 3.19. The normalized spacial score (nSPS) is 25.4. The molecule has 0 atom stereocenters. The van der Waals surface area contributed by atoms with Crippen molar-refractivity contribution in [2.75, 3.05) is 11.9 Å². The molecule has 1 aromatic heterocycles. The number of rotatable bonds is 3. The number of aryl methyl sites for hydroxylation is 1. The number of hydrogen-bond acceptors (Lipinski definition) is 3. The number of aromatic nitrogens is 2. The standard InChI is InChI=1S/C13H21N3/c1-10-3-5-12(6-4-10)8-15-13-9-14-7-11(2)16-13/h7,9-10,12H,3-6,8H2,1-2H3,(H,15,16). The topological polar surface area (TPSA) is 37.8 Å². The van der Waals surface area contributed by atoms with E-state index >= 15 is 0 Å². The minimum Gasteiger partial charge on any atom is -0.369 e. The Kier molecular flexibility index (Phi) is 3.75. The first kappa shape index (κ1) is 11.4. The van der Waals surface area contributed by atoms with E-state index in [0.29, 0.717) is 0 Å². The molecule has 88 valence electrons. The van der Waals surface area contributed by atoms with E-state index in [0.717, 1.165) is 29.9 Å². The van der Waals surface area contributed by atoms with Crippen molar-refractivity contribution >= 4 is 5.82 Å². The molecule has 0 saturated heterocycles. The summed E-state index contributed by atoms with van der Waals surface area (Å²) in [6.45, 7) is 5.38. The molecule has 0 bridgehead atoms. The second kappa shape index (κ2) is 5.28. The fourth-order valence-corrected chi connectivity index (χ4v) is 2.33. The smallest absolute Gasteiger partial charge is 0.144 e. The minimum absolute atomic E-state index is 0.818. The summed E-state index contributed by atoms with van der Waals surface area (Å²) in [5, 5.41) is 3.40. The molecular formula is C13H21N3. The van der Waals surface area contributed by atoms with Gasteiger partial charge in [-0.1, -0.05) is 19.8 Å². The van der Waals surface area contributed by atoms with Crippen molar-refractivity contribution in [2.24, 2.45) is 11.8 Å². The summed E-state index contributed by atoms with van der Waals surface area (Å²) >= 11 is 0. The van der Waals surface area contributed by atoms with Crippen molar-refractivity contribution in [2.45, 2.75) is 39.5 Å². The van der Waals surface area contributed by atoms with Crippen LogP contribution in [0.4, 0.5) is 5.82 Å². The maximum Gasteiger partial charge on any atom is 0.144 e. The van der Waals surface area contributed by atoms with Crippen LogP contribution in [0.5, 0.6) is 0 Å². The zero-order valence-corrected chi connectivity index (χ0v) is 10.2. The third-order valence-electron chi connectivity index (χ3n) is 3.46. The van der Waals surface area contributed by atoms with Gasteiger partial charge in [0.15, 0.2) is 0 Å². The lowest BCUT2D eigenvalue weighted by atomic mass is 9.83. The summed E-state index contributed by atoms with van der Waals surface area (Å²) in [6.07, 6.45) is 9.06. The Labute approximate surface area is 97.7 Å². The lowest BCUT2D eigenvalue weighted by Crippen LogP contribution is -2.20. The van der Waals surface area contributed by atoms with Crippen molar-refractivity contribution in [1.82, 2.24) is 9.97 Å². The molecule has 3 heteroatoms. The second-order valence-electron chi connectivity index (χ2n) is 5.05. The first-order chi connectivity index (χ1) is 7.74. The van der Waals surface area contributed by atoms with Gasteiger partial charge in [0, 0.05) is 12.7 Å². The summed E-state index contributed by atoms with van der Waals surface area (Å²) in [6, 6.07) is 0. The van der Waals surface area contributed by atoms with E-state index in [1.54, 1.807) is 12.4 Å². The van der Waals surface area contributed by atoms with Gasteiger partial charge in [0.05, 0.1) is 11.9 Å². The molecule has 1 aliphatic carbocycles. The molecule has 2 rings (SSSR count). The molecule has 1 heterocycles. The molecule has 1 fully saturated rings. The quantitative estimate of drug-likeness (QED) is 0.849. The van der Waals surface area contributed by atoms with Crippen LogP contribution in [0.2, 0.25) is 0 Å². The van der Waals surface area contributed by atoms with Crippen LogP contribution in [0.3, 0.4) is 0 Å². The van der Waals surface area contributed by atoms with Gasteiger partial charge in [0.2, 0.25) is 0 Å². The number of nitrogens with one attached hydrogen (secondary N) is 1. The van der Waals surface area contributed by atoms with Gasteiger partial charge in [0.1, 0.15) is 5.82 Å². The first-order valence-electron chi connectivity index (χ1n) is 6.26. The van der Waals surface area contributed by atoms with Gasteiger partial charge in [-0.3, -0.25) is 4.98 Å². The Hall–Kier alpha value is -1.12. The summed E-state index contributed by atoms with van der Waals surface area (Å²) in [4.78, 5) is 8.53. The molecular weight excluding hydrogens is 198 g/mol.